The van der Waals surface area contributed by atoms with Crippen molar-refractivity contribution in [3.8, 4) is 5.75 Å². The largest absolute Gasteiger partial charge is 0.462 e. The summed E-state index contributed by atoms with van der Waals surface area (Å²) in [5, 5.41) is 18.4. The van der Waals surface area contributed by atoms with E-state index in [1.807, 2.05) is 36.4 Å². The molecule has 1 aliphatic heterocycles. The minimum atomic E-state index is -3.92. The Morgan fingerprint density at radius 2 is 1.98 bits per heavy atom. The maximum atomic E-state index is 16.1. The molecule has 248 valence electrons. The van der Waals surface area contributed by atoms with Crippen LogP contribution in [0.15, 0.2) is 48.8 Å². The van der Waals surface area contributed by atoms with Crippen LogP contribution in [-0.2, 0) is 23.4 Å². The zero-order valence-electron chi connectivity index (χ0n) is 25.9. The number of alkyl halides is 1. The van der Waals surface area contributed by atoms with Crippen LogP contribution in [0.25, 0.3) is 21.9 Å². The van der Waals surface area contributed by atoms with E-state index < -0.39 is 56.3 Å². The minimum Gasteiger partial charge on any atom is -0.462 e. The number of nitrogen functional groups attached to an aromatic ring is 1. The third-order valence-electron chi connectivity index (χ3n) is 7.31. The molecule has 17 heteroatoms. The third-order valence-corrected chi connectivity index (χ3v) is 10.7. The first-order chi connectivity index (χ1) is 21.8. The summed E-state index contributed by atoms with van der Waals surface area (Å²) in [5.41, 5.74) is 3.76. The van der Waals surface area contributed by atoms with Gasteiger partial charge in [-0.2, -0.15) is 9.97 Å². The van der Waals surface area contributed by atoms with E-state index in [2.05, 4.69) is 25.4 Å². The number of aliphatic hydroxyl groups is 1. The van der Waals surface area contributed by atoms with Gasteiger partial charge in [0.1, 0.15) is 29.5 Å². The minimum absolute atomic E-state index is 0.0714. The van der Waals surface area contributed by atoms with Gasteiger partial charge in [0.15, 0.2) is 28.9 Å². The highest BCUT2D eigenvalue weighted by Crippen LogP contribution is 2.49. The molecule has 0 bridgehead atoms. The van der Waals surface area contributed by atoms with Crippen LogP contribution in [0.2, 0.25) is 0 Å². The molecule has 14 nitrogen and oxygen atoms in total. The van der Waals surface area contributed by atoms with Gasteiger partial charge in [0.2, 0.25) is 5.95 Å². The number of nitrogens with zero attached hydrogens (tertiary/aromatic N) is 4. The fraction of sp³-hybridized carbons (Fsp3) is 0.448. The van der Waals surface area contributed by atoms with E-state index in [1.54, 1.807) is 27.0 Å². The van der Waals surface area contributed by atoms with Gasteiger partial charge in [-0.3, -0.25) is 13.9 Å². The van der Waals surface area contributed by atoms with Crippen LogP contribution in [0.1, 0.15) is 33.9 Å². The molecule has 1 fully saturated rings. The molecular weight excluding hydrogens is 640 g/mol. The normalized spacial score (nSPS) is 23.4. The first kappa shape index (κ1) is 33.8. The number of nitrogens with one attached hydrogen (secondary N) is 2. The van der Waals surface area contributed by atoms with Crippen molar-refractivity contribution in [3.63, 3.8) is 0 Å². The van der Waals surface area contributed by atoms with Crippen LogP contribution >= 0.6 is 19.6 Å². The lowest BCUT2D eigenvalue weighted by Gasteiger charge is -2.25. The smallest absolute Gasteiger partial charge is 0.323 e. The maximum Gasteiger partial charge on any atom is 0.323 e. The number of hydrogen-bond acceptors (Lipinski definition) is 13. The molecule has 46 heavy (non-hydrogen) atoms. The van der Waals surface area contributed by atoms with Crippen molar-refractivity contribution in [1.82, 2.24) is 24.6 Å². The van der Waals surface area contributed by atoms with E-state index in [1.165, 1.54) is 24.7 Å². The number of halogens is 1. The van der Waals surface area contributed by atoms with Crippen molar-refractivity contribution in [1.29, 1.82) is 0 Å². The highest BCUT2D eigenvalue weighted by molar-refractivity contribution is 8.01. The second kappa shape index (κ2) is 13.7. The average molecular weight is 678 g/mol. The fourth-order valence-corrected chi connectivity index (χ4v) is 7.84. The van der Waals surface area contributed by atoms with Gasteiger partial charge in [-0.05, 0) is 39.1 Å². The number of benzene rings is 2. The summed E-state index contributed by atoms with van der Waals surface area (Å²) >= 11 is 0.859. The predicted octanol–water partition coefficient (Wildman–Crippen LogP) is 4.41. The summed E-state index contributed by atoms with van der Waals surface area (Å²) < 4.78 is 54.6. The number of aliphatic hydroxyl groups excluding tert-OH is 1. The molecule has 0 amide bonds. The number of rotatable bonds is 13. The Morgan fingerprint density at radius 3 is 2.72 bits per heavy atom. The molecule has 5 rings (SSSR count). The Labute approximate surface area is 269 Å². The summed E-state index contributed by atoms with van der Waals surface area (Å²) in [6.45, 7) is 5.56. The molecule has 0 aliphatic carbocycles. The number of nitrogens with two attached hydrogens (primary N) is 1. The van der Waals surface area contributed by atoms with Crippen molar-refractivity contribution in [3.05, 3.63) is 48.8 Å². The molecule has 0 radical (unpaired) electrons. The quantitative estimate of drug-likeness (QED) is 0.0886. The van der Waals surface area contributed by atoms with Gasteiger partial charge in [0, 0.05) is 12.4 Å². The Balaban J connectivity index is 1.34. The van der Waals surface area contributed by atoms with Gasteiger partial charge in [-0.1, -0.05) is 36.4 Å². The van der Waals surface area contributed by atoms with Gasteiger partial charge < -0.3 is 34.3 Å². The molecule has 1 unspecified atom stereocenters. The van der Waals surface area contributed by atoms with Crippen molar-refractivity contribution >= 4 is 59.2 Å². The molecule has 2 aromatic carbocycles. The summed E-state index contributed by atoms with van der Waals surface area (Å²) in [7, 11) is -2.29. The third kappa shape index (κ3) is 7.06. The number of imidazole rings is 1. The monoisotopic (exact) mass is 677 g/mol. The van der Waals surface area contributed by atoms with E-state index in [9.17, 15) is 14.5 Å². The van der Waals surface area contributed by atoms with Crippen LogP contribution in [0.3, 0.4) is 0 Å². The summed E-state index contributed by atoms with van der Waals surface area (Å²) in [6, 6.07) is 12.2. The van der Waals surface area contributed by atoms with E-state index in [0.29, 0.717) is 17.1 Å². The molecular formula is C29H37FN7O7PS. The summed E-state index contributed by atoms with van der Waals surface area (Å²) in [6.07, 6.45) is -3.44. The number of carbonyl (C=O) groups excluding carboxylic acids is 1. The fourth-order valence-electron chi connectivity index (χ4n) is 5.05. The topological polar surface area (TPSA) is 185 Å². The molecule has 0 saturated carbocycles. The van der Waals surface area contributed by atoms with Crippen molar-refractivity contribution in [2.75, 3.05) is 30.2 Å². The molecule has 1 saturated heterocycles. The van der Waals surface area contributed by atoms with Crippen molar-refractivity contribution in [2.24, 2.45) is 0 Å². The molecule has 0 spiro atoms. The first-order valence-electron chi connectivity index (χ1n) is 14.5. The number of anilines is 2. The number of carbonyl (C=O) groups is 1. The van der Waals surface area contributed by atoms with E-state index in [-0.39, 0.29) is 17.1 Å². The van der Waals surface area contributed by atoms with Crippen molar-refractivity contribution in [2.45, 2.75) is 63.9 Å². The van der Waals surface area contributed by atoms with Gasteiger partial charge in [-0.15, -0.1) is 0 Å². The Hall–Kier alpha value is -3.53. The van der Waals surface area contributed by atoms with Crippen molar-refractivity contribution < 1.29 is 37.0 Å². The number of aromatic nitrogens is 4. The van der Waals surface area contributed by atoms with Gasteiger partial charge in [-0.25, -0.2) is 14.5 Å². The summed E-state index contributed by atoms with van der Waals surface area (Å²) in [4.78, 5) is 25.1. The molecule has 2 aromatic heterocycles. The number of esters is 1. The zero-order chi connectivity index (χ0) is 33.2. The molecule has 4 aromatic rings. The lowest BCUT2D eigenvalue weighted by Crippen LogP contribution is -2.41. The highest BCUT2D eigenvalue weighted by atomic mass is 32.2. The number of fused-ring (bicyclic) bond motifs is 2. The highest BCUT2D eigenvalue weighted by Gasteiger charge is 2.56. The lowest BCUT2D eigenvalue weighted by molar-refractivity contribution is -0.149. The Morgan fingerprint density at radius 1 is 1.24 bits per heavy atom. The Bertz CT molecular complexity index is 1750. The van der Waals surface area contributed by atoms with Gasteiger partial charge >= 0.3 is 5.97 Å². The van der Waals surface area contributed by atoms with E-state index in [0.717, 1.165) is 22.8 Å². The predicted molar refractivity (Wildman–Crippen MR) is 173 cm³/mol. The maximum absolute atomic E-state index is 16.1. The molecule has 5 N–H and O–H groups in total. The van der Waals surface area contributed by atoms with E-state index in [4.69, 9.17) is 23.9 Å². The van der Waals surface area contributed by atoms with Crippen LogP contribution in [0, 0.1) is 0 Å². The average Bonchev–Trinajstić information content (AvgIpc) is 3.52. The Kier molecular flexibility index (Phi) is 10.1. The van der Waals surface area contributed by atoms with Crippen LogP contribution in [0.5, 0.6) is 5.75 Å². The molecule has 1 aliphatic rings. The SMILES string of the molecule is CNc1nc(N)nc2c1ncn2[C@@H]1O[C@H](COP(=O)(CSOc2cccc3ccccc23)N[C@H](C)C(=O)OC(C)C)[C@@H](O)[C@@]1(C)F. The number of hydrogen-bond donors (Lipinski definition) is 4. The lowest BCUT2D eigenvalue weighted by atomic mass is 9.98. The second-order valence-corrected chi connectivity index (χ2v) is 14.5. The second-order valence-electron chi connectivity index (χ2n) is 11.2. The van der Waals surface area contributed by atoms with Crippen LogP contribution in [0.4, 0.5) is 16.2 Å². The number of ether oxygens (including phenoxy) is 2. The van der Waals surface area contributed by atoms with Gasteiger partial charge in [0.25, 0.3) is 7.52 Å². The summed E-state index contributed by atoms with van der Waals surface area (Å²) in [5.74, 6) is 0.172. The van der Waals surface area contributed by atoms with Crippen LogP contribution < -0.4 is 20.3 Å². The standard InChI is InChI=1S/C29H37FN7O7PS/c1-16(2)42-26(39)17(3)36-45(40,15-46-44-20-12-8-10-18-9-6-7-11-19(18)20)41-13-21-23(38)29(4,30)27(43-21)37-14-33-22-24(32-5)34-28(31)35-25(22)37/h6-12,14,16-17,21,23,27,38H,13,15H2,1-5H3,(H,36,40)(H3,31,32,34,35)/t17-,21-,23-,27-,29-,45?/m1/s1. The molecule has 3 heterocycles. The van der Waals surface area contributed by atoms with Crippen LogP contribution in [-0.4, -0.2) is 79.8 Å². The first-order valence-corrected chi connectivity index (χ1v) is 17.2. The van der Waals surface area contributed by atoms with E-state index >= 15 is 4.39 Å². The zero-order valence-corrected chi connectivity index (χ0v) is 27.6. The van der Waals surface area contributed by atoms with Gasteiger partial charge in [0.05, 0.1) is 31.1 Å². The molecule has 6 atom stereocenters.